The number of carbonyl (C=O) groups is 1. The fourth-order valence-corrected chi connectivity index (χ4v) is 2.49. The first-order chi connectivity index (χ1) is 9.65. The van der Waals surface area contributed by atoms with Gasteiger partial charge in [0.1, 0.15) is 5.82 Å². The van der Waals surface area contributed by atoms with Gasteiger partial charge in [0.15, 0.2) is 6.29 Å². The summed E-state index contributed by atoms with van der Waals surface area (Å²) in [5.74, 6) is -0.601. The average Bonchev–Trinajstić information content (AvgIpc) is 2.74. The van der Waals surface area contributed by atoms with Gasteiger partial charge in [0.05, 0.1) is 16.8 Å². The van der Waals surface area contributed by atoms with E-state index in [1.165, 1.54) is 18.2 Å². The number of fused-ring (bicyclic) bond motifs is 1. The normalized spacial score (nSPS) is 10.9. The minimum Gasteiger partial charge on any atom is -0.298 e. The van der Waals surface area contributed by atoms with E-state index in [4.69, 9.17) is 0 Å². The number of rotatable bonds is 2. The molecule has 2 aromatic carbocycles. The molecule has 4 heteroatoms. The fourth-order valence-electron chi connectivity index (χ4n) is 2.49. The molecular formula is C16H11F2NO. The molecule has 0 saturated heterocycles. The highest BCUT2D eigenvalue weighted by atomic mass is 19.2. The molecule has 0 atom stereocenters. The van der Waals surface area contributed by atoms with Gasteiger partial charge in [-0.05, 0) is 24.6 Å². The minimum atomic E-state index is -0.601. The second-order valence-corrected chi connectivity index (χ2v) is 4.61. The Hall–Kier alpha value is -2.49. The van der Waals surface area contributed by atoms with E-state index in [9.17, 15) is 13.7 Å². The molecule has 100 valence electrons. The van der Waals surface area contributed by atoms with Gasteiger partial charge >= 0.3 is 0 Å². The molecule has 0 saturated carbocycles. The molecule has 0 N–H and O–H groups in total. The Labute approximate surface area is 114 Å². The Kier molecular flexibility index (Phi) is 2.86. The molecule has 0 radical (unpaired) electrons. The molecular weight excluding hydrogens is 260 g/mol. The summed E-state index contributed by atoms with van der Waals surface area (Å²) in [6.07, 6.45) is 0.503. The van der Waals surface area contributed by atoms with Crippen molar-refractivity contribution < 1.29 is 13.7 Å². The highest BCUT2D eigenvalue weighted by molar-refractivity contribution is 6.05. The highest BCUT2D eigenvalue weighted by Crippen LogP contribution is 2.35. The Bertz CT molecular complexity index is 821. The number of benzene rings is 2. The largest absolute Gasteiger partial charge is 0.298 e. The van der Waals surface area contributed by atoms with Crippen LogP contribution in [0.4, 0.5) is 8.87 Å². The molecule has 3 rings (SSSR count). The lowest BCUT2D eigenvalue weighted by molar-refractivity contribution is 0.112. The molecule has 3 aromatic rings. The standard InChI is InChI=1S/C16H11F2NO/c1-10-5-2-3-6-11(10)16-12(9-20)15-13(17)7-4-8-14(15)19(16)18/h2-9H,1H3. The highest BCUT2D eigenvalue weighted by Gasteiger charge is 2.21. The Balaban J connectivity index is 2.48. The molecule has 0 bridgehead atoms. The van der Waals surface area contributed by atoms with E-state index in [1.807, 2.05) is 19.1 Å². The molecule has 2 nitrogen and oxygen atoms in total. The molecule has 0 spiro atoms. The first kappa shape index (κ1) is 12.5. The number of nitrogens with zero attached hydrogens (tertiary/aromatic N) is 1. The van der Waals surface area contributed by atoms with Crippen LogP contribution < -0.4 is 0 Å². The maximum Gasteiger partial charge on any atom is 0.153 e. The number of aryl methyl sites for hydroxylation is 1. The van der Waals surface area contributed by atoms with Gasteiger partial charge in [-0.3, -0.25) is 4.79 Å². The number of hydrogen-bond donors (Lipinski definition) is 0. The van der Waals surface area contributed by atoms with Gasteiger partial charge in [0, 0.05) is 10.9 Å². The second kappa shape index (κ2) is 4.56. The van der Waals surface area contributed by atoms with Gasteiger partial charge < -0.3 is 0 Å². The van der Waals surface area contributed by atoms with Gasteiger partial charge in [-0.2, -0.15) is 4.79 Å². The maximum absolute atomic E-state index is 14.5. The van der Waals surface area contributed by atoms with Crippen molar-refractivity contribution in [3.63, 3.8) is 0 Å². The number of carbonyl (C=O) groups excluding carboxylic acids is 1. The quantitative estimate of drug-likeness (QED) is 0.637. The first-order valence-electron chi connectivity index (χ1n) is 6.15. The van der Waals surface area contributed by atoms with E-state index in [0.29, 0.717) is 16.6 Å². The molecule has 0 fully saturated rings. The summed E-state index contributed by atoms with van der Waals surface area (Å²) < 4.78 is 28.4. The van der Waals surface area contributed by atoms with Crippen molar-refractivity contribution >= 4 is 17.2 Å². The monoisotopic (exact) mass is 271 g/mol. The van der Waals surface area contributed by atoms with Crippen LogP contribution in [0.15, 0.2) is 42.5 Å². The van der Waals surface area contributed by atoms with Gasteiger partial charge in [-0.25, -0.2) is 4.39 Å². The van der Waals surface area contributed by atoms with E-state index < -0.39 is 5.82 Å². The van der Waals surface area contributed by atoms with Crippen molar-refractivity contribution in [2.75, 3.05) is 0 Å². The van der Waals surface area contributed by atoms with Gasteiger partial charge in [-0.15, -0.1) is 0 Å². The van der Waals surface area contributed by atoms with Crippen LogP contribution in [0.1, 0.15) is 15.9 Å². The van der Waals surface area contributed by atoms with Crippen molar-refractivity contribution in [2.24, 2.45) is 0 Å². The molecule has 0 aliphatic rings. The lowest BCUT2D eigenvalue weighted by Gasteiger charge is -2.05. The van der Waals surface area contributed by atoms with Crippen LogP contribution in [0.3, 0.4) is 0 Å². The number of aromatic nitrogens is 1. The van der Waals surface area contributed by atoms with Crippen LogP contribution >= 0.6 is 0 Å². The fraction of sp³-hybridized carbons (Fsp3) is 0.0625. The van der Waals surface area contributed by atoms with E-state index in [1.54, 1.807) is 12.1 Å². The molecule has 0 aliphatic carbocycles. The predicted molar refractivity (Wildman–Crippen MR) is 74.0 cm³/mol. The zero-order valence-corrected chi connectivity index (χ0v) is 10.7. The smallest absolute Gasteiger partial charge is 0.153 e. The summed E-state index contributed by atoms with van der Waals surface area (Å²) in [6.45, 7) is 1.82. The van der Waals surface area contributed by atoms with E-state index >= 15 is 0 Å². The summed E-state index contributed by atoms with van der Waals surface area (Å²) in [5, 5.41) is 0.0169. The van der Waals surface area contributed by atoms with Crippen molar-refractivity contribution in [2.45, 2.75) is 6.92 Å². The van der Waals surface area contributed by atoms with Gasteiger partial charge in [0.2, 0.25) is 0 Å². The van der Waals surface area contributed by atoms with Crippen molar-refractivity contribution in [3.8, 4) is 11.3 Å². The third-order valence-corrected chi connectivity index (χ3v) is 3.44. The van der Waals surface area contributed by atoms with E-state index in [2.05, 4.69) is 0 Å². The zero-order valence-electron chi connectivity index (χ0n) is 10.7. The third-order valence-electron chi connectivity index (χ3n) is 3.44. The van der Waals surface area contributed by atoms with Crippen LogP contribution in [0.2, 0.25) is 0 Å². The third kappa shape index (κ3) is 1.65. The minimum absolute atomic E-state index is 0.0169. The SMILES string of the molecule is Cc1ccccc1-c1c(C=O)c2c(F)cccc2n1F. The lowest BCUT2D eigenvalue weighted by atomic mass is 10.0. The van der Waals surface area contributed by atoms with Gasteiger partial charge in [-0.1, -0.05) is 34.8 Å². The van der Waals surface area contributed by atoms with Crippen molar-refractivity contribution in [1.82, 2.24) is 4.79 Å². The second-order valence-electron chi connectivity index (χ2n) is 4.61. The van der Waals surface area contributed by atoms with Crippen molar-refractivity contribution in [3.05, 3.63) is 59.4 Å². The topological polar surface area (TPSA) is 22.0 Å². The Morgan fingerprint density at radius 3 is 2.55 bits per heavy atom. The van der Waals surface area contributed by atoms with Crippen LogP contribution in [0.25, 0.3) is 22.2 Å². The van der Waals surface area contributed by atoms with E-state index in [0.717, 1.165) is 5.56 Å². The molecule has 1 heterocycles. The van der Waals surface area contributed by atoms with Gasteiger partial charge in [0.25, 0.3) is 0 Å². The van der Waals surface area contributed by atoms with Crippen LogP contribution in [-0.2, 0) is 0 Å². The molecule has 1 aromatic heterocycles. The Morgan fingerprint density at radius 2 is 1.85 bits per heavy atom. The predicted octanol–water partition coefficient (Wildman–Crippen LogP) is 4.30. The maximum atomic E-state index is 14.5. The summed E-state index contributed by atoms with van der Waals surface area (Å²) in [6, 6.07) is 11.2. The molecule has 20 heavy (non-hydrogen) atoms. The molecule has 0 amide bonds. The zero-order chi connectivity index (χ0) is 14.3. The van der Waals surface area contributed by atoms with Crippen molar-refractivity contribution in [1.29, 1.82) is 0 Å². The Morgan fingerprint density at radius 1 is 1.10 bits per heavy atom. The number of halogens is 2. The molecule has 0 aliphatic heterocycles. The summed E-state index contributed by atoms with van der Waals surface area (Å²) in [4.78, 5) is 11.7. The van der Waals surface area contributed by atoms with E-state index in [-0.39, 0.29) is 22.2 Å². The first-order valence-corrected chi connectivity index (χ1v) is 6.15. The summed E-state index contributed by atoms with van der Waals surface area (Å²) in [7, 11) is 0. The van der Waals surface area contributed by atoms with Crippen LogP contribution in [0, 0.1) is 12.7 Å². The average molecular weight is 271 g/mol. The number of aldehydes is 1. The van der Waals surface area contributed by atoms with Crippen LogP contribution in [0.5, 0.6) is 0 Å². The summed E-state index contributed by atoms with van der Waals surface area (Å²) >= 11 is 0. The van der Waals surface area contributed by atoms with Crippen LogP contribution in [-0.4, -0.2) is 11.1 Å². The number of hydrogen-bond acceptors (Lipinski definition) is 1. The lowest BCUT2D eigenvalue weighted by Crippen LogP contribution is -1.92. The summed E-state index contributed by atoms with van der Waals surface area (Å²) in [5.41, 5.74) is 1.59. The molecule has 0 unspecified atom stereocenters.